The third-order valence-electron chi connectivity index (χ3n) is 5.31. The van der Waals surface area contributed by atoms with Gasteiger partial charge in [0.25, 0.3) is 10.2 Å². The molecule has 1 aromatic heterocycles. The van der Waals surface area contributed by atoms with Gasteiger partial charge in [-0.15, -0.1) is 0 Å². The largest absolute Gasteiger partial charge is 0.379 e. The Bertz CT molecular complexity index is 866. The normalized spacial score (nSPS) is 21.4. The molecule has 1 aromatic carbocycles. The van der Waals surface area contributed by atoms with Crippen LogP contribution in [0.15, 0.2) is 30.5 Å². The van der Waals surface area contributed by atoms with E-state index < -0.39 is 10.2 Å². The van der Waals surface area contributed by atoms with Crippen molar-refractivity contribution in [1.29, 1.82) is 0 Å². The Hall–Kier alpha value is -1.45. The molecule has 0 N–H and O–H groups in total. The summed E-state index contributed by atoms with van der Waals surface area (Å²) in [5, 5.41) is 1.25. The Morgan fingerprint density at radius 2 is 1.65 bits per heavy atom. The first-order chi connectivity index (χ1) is 12.5. The fourth-order valence-electron chi connectivity index (χ4n) is 3.75. The SMILES string of the molecule is Cn1ccc2cc(CN3CCN(S(=O)(=O)N4CCOCC4)CC3)ccc21. The van der Waals surface area contributed by atoms with E-state index in [-0.39, 0.29) is 0 Å². The zero-order valence-electron chi connectivity index (χ0n) is 15.2. The number of ether oxygens (including phenoxy) is 1. The van der Waals surface area contributed by atoms with Gasteiger partial charge in [-0.25, -0.2) is 0 Å². The maximum Gasteiger partial charge on any atom is 0.282 e. The van der Waals surface area contributed by atoms with Gasteiger partial charge in [-0.1, -0.05) is 6.07 Å². The molecule has 4 rings (SSSR count). The number of nitrogens with zero attached hydrogens (tertiary/aromatic N) is 4. The van der Waals surface area contributed by atoms with Gasteiger partial charge in [0.05, 0.1) is 13.2 Å². The smallest absolute Gasteiger partial charge is 0.282 e. The van der Waals surface area contributed by atoms with Gasteiger partial charge < -0.3 is 9.30 Å². The van der Waals surface area contributed by atoms with Crippen molar-refractivity contribution in [1.82, 2.24) is 18.1 Å². The first kappa shape index (κ1) is 17.9. The van der Waals surface area contributed by atoms with Crippen molar-refractivity contribution in [3.8, 4) is 0 Å². The number of aromatic nitrogens is 1. The van der Waals surface area contributed by atoms with Crippen LogP contribution in [0.5, 0.6) is 0 Å². The molecule has 0 spiro atoms. The van der Waals surface area contributed by atoms with Crippen LogP contribution in [0.1, 0.15) is 5.56 Å². The predicted octanol–water partition coefficient (Wildman–Crippen LogP) is 0.873. The number of morpholine rings is 1. The lowest BCUT2D eigenvalue weighted by Crippen LogP contribution is -2.54. The van der Waals surface area contributed by atoms with Crippen molar-refractivity contribution in [3.05, 3.63) is 36.0 Å². The molecule has 2 aliphatic rings. The second-order valence-electron chi connectivity index (χ2n) is 7.01. The molecule has 0 atom stereocenters. The molecule has 8 heteroatoms. The number of rotatable bonds is 4. The Morgan fingerprint density at radius 1 is 0.962 bits per heavy atom. The van der Waals surface area contributed by atoms with Crippen molar-refractivity contribution >= 4 is 21.1 Å². The average molecular weight is 378 g/mol. The Morgan fingerprint density at radius 3 is 2.38 bits per heavy atom. The monoisotopic (exact) mass is 378 g/mol. The van der Waals surface area contributed by atoms with Crippen molar-refractivity contribution in [2.75, 3.05) is 52.5 Å². The fourth-order valence-corrected chi connectivity index (χ4v) is 5.31. The van der Waals surface area contributed by atoms with Gasteiger partial charge >= 0.3 is 0 Å². The van der Waals surface area contributed by atoms with Crippen LogP contribution in [-0.4, -0.2) is 79.0 Å². The molecular weight excluding hydrogens is 352 g/mol. The van der Waals surface area contributed by atoms with Gasteiger partial charge in [0.1, 0.15) is 0 Å². The quantitative estimate of drug-likeness (QED) is 0.792. The van der Waals surface area contributed by atoms with Crippen LogP contribution in [-0.2, 0) is 28.5 Å². The summed E-state index contributed by atoms with van der Waals surface area (Å²) in [5.74, 6) is 0. The summed E-state index contributed by atoms with van der Waals surface area (Å²) in [6.07, 6.45) is 2.07. The molecule has 0 bridgehead atoms. The highest BCUT2D eigenvalue weighted by Crippen LogP contribution is 2.19. The van der Waals surface area contributed by atoms with Crippen LogP contribution in [0, 0.1) is 0 Å². The Labute approximate surface area is 154 Å². The topological polar surface area (TPSA) is 58.0 Å². The van der Waals surface area contributed by atoms with Gasteiger partial charge in [0.15, 0.2) is 0 Å². The maximum absolute atomic E-state index is 12.7. The first-order valence-corrected chi connectivity index (χ1v) is 10.5. The zero-order chi connectivity index (χ0) is 18.1. The van der Waals surface area contributed by atoms with E-state index in [0.717, 1.165) is 19.6 Å². The van der Waals surface area contributed by atoms with Crippen LogP contribution in [0.4, 0.5) is 0 Å². The number of benzene rings is 1. The van der Waals surface area contributed by atoms with E-state index in [9.17, 15) is 8.42 Å². The maximum atomic E-state index is 12.7. The molecule has 0 radical (unpaired) electrons. The predicted molar refractivity (Wildman–Crippen MR) is 101 cm³/mol. The van der Waals surface area contributed by atoms with Crippen LogP contribution >= 0.6 is 0 Å². The van der Waals surface area contributed by atoms with Crippen molar-refractivity contribution in [2.45, 2.75) is 6.54 Å². The fraction of sp³-hybridized carbons (Fsp3) is 0.556. The highest BCUT2D eigenvalue weighted by molar-refractivity contribution is 7.86. The first-order valence-electron chi connectivity index (χ1n) is 9.13. The van der Waals surface area contributed by atoms with E-state index in [1.807, 2.05) is 0 Å². The second kappa shape index (κ2) is 7.28. The minimum absolute atomic E-state index is 0.458. The zero-order valence-corrected chi connectivity index (χ0v) is 16.0. The molecule has 0 aliphatic carbocycles. The summed E-state index contributed by atoms with van der Waals surface area (Å²) in [4.78, 5) is 2.33. The van der Waals surface area contributed by atoms with E-state index in [1.54, 1.807) is 8.61 Å². The van der Waals surface area contributed by atoms with Gasteiger partial charge in [-0.3, -0.25) is 4.90 Å². The molecule has 2 aromatic rings. The molecular formula is C18H26N4O3S. The number of aryl methyl sites for hydroxylation is 1. The average Bonchev–Trinajstić information content (AvgIpc) is 3.03. The standard InChI is InChI=1S/C18H26N4O3S/c1-19-5-4-17-14-16(2-3-18(17)19)15-20-6-8-21(9-7-20)26(23,24)22-10-12-25-13-11-22/h2-5,14H,6-13,15H2,1H3. The highest BCUT2D eigenvalue weighted by Gasteiger charge is 2.33. The number of hydrogen-bond acceptors (Lipinski definition) is 4. The number of hydrogen-bond donors (Lipinski definition) is 0. The lowest BCUT2D eigenvalue weighted by molar-refractivity contribution is 0.0684. The lowest BCUT2D eigenvalue weighted by atomic mass is 10.1. The summed E-state index contributed by atoms with van der Waals surface area (Å²) >= 11 is 0. The molecule has 2 aliphatic heterocycles. The molecule has 26 heavy (non-hydrogen) atoms. The van der Waals surface area contributed by atoms with E-state index >= 15 is 0 Å². The van der Waals surface area contributed by atoms with E-state index in [0.29, 0.717) is 39.4 Å². The van der Waals surface area contributed by atoms with Crippen LogP contribution in [0.25, 0.3) is 10.9 Å². The molecule has 7 nitrogen and oxygen atoms in total. The van der Waals surface area contributed by atoms with Crippen LogP contribution in [0.2, 0.25) is 0 Å². The number of piperazine rings is 1. The molecule has 3 heterocycles. The lowest BCUT2D eigenvalue weighted by Gasteiger charge is -2.37. The minimum atomic E-state index is -3.35. The Kier molecular flexibility index (Phi) is 5.02. The van der Waals surface area contributed by atoms with E-state index in [1.165, 1.54) is 16.5 Å². The van der Waals surface area contributed by atoms with E-state index in [4.69, 9.17) is 4.74 Å². The highest BCUT2D eigenvalue weighted by atomic mass is 32.2. The molecule has 0 unspecified atom stereocenters. The van der Waals surface area contributed by atoms with Crippen molar-refractivity contribution < 1.29 is 13.2 Å². The van der Waals surface area contributed by atoms with Crippen LogP contribution < -0.4 is 0 Å². The van der Waals surface area contributed by atoms with E-state index in [2.05, 4.69) is 47.0 Å². The van der Waals surface area contributed by atoms with Gasteiger partial charge in [-0.2, -0.15) is 17.0 Å². The van der Waals surface area contributed by atoms with Crippen LogP contribution in [0.3, 0.4) is 0 Å². The molecule has 2 saturated heterocycles. The summed E-state index contributed by atoms with van der Waals surface area (Å²) in [6, 6.07) is 8.68. The molecule has 0 amide bonds. The third kappa shape index (κ3) is 3.52. The second-order valence-corrected chi connectivity index (χ2v) is 8.94. The summed E-state index contributed by atoms with van der Waals surface area (Å²) in [7, 11) is -1.30. The number of fused-ring (bicyclic) bond motifs is 1. The van der Waals surface area contributed by atoms with Gasteiger partial charge in [0.2, 0.25) is 0 Å². The van der Waals surface area contributed by atoms with Crippen molar-refractivity contribution in [2.24, 2.45) is 7.05 Å². The molecule has 0 saturated carbocycles. The summed E-state index contributed by atoms with van der Waals surface area (Å²) in [5.41, 5.74) is 2.50. The minimum Gasteiger partial charge on any atom is -0.379 e. The van der Waals surface area contributed by atoms with Crippen molar-refractivity contribution in [3.63, 3.8) is 0 Å². The van der Waals surface area contributed by atoms with Gasteiger partial charge in [-0.05, 0) is 29.1 Å². The summed E-state index contributed by atoms with van der Waals surface area (Å²) < 4.78 is 36.0. The molecule has 2 fully saturated rings. The third-order valence-corrected chi connectivity index (χ3v) is 7.35. The molecule has 142 valence electrons. The Balaban J connectivity index is 1.36. The summed E-state index contributed by atoms with van der Waals surface area (Å²) in [6.45, 7) is 5.37. The van der Waals surface area contributed by atoms with Gasteiger partial charge in [0, 0.05) is 64.6 Å².